The first kappa shape index (κ1) is 26.9. The molecule has 35 heavy (non-hydrogen) atoms. The van der Waals surface area contributed by atoms with Crippen LogP contribution in [0.3, 0.4) is 0 Å². The molecule has 0 amide bonds. The summed E-state index contributed by atoms with van der Waals surface area (Å²) >= 11 is 0.553. The summed E-state index contributed by atoms with van der Waals surface area (Å²) in [4.78, 5) is 3.42. The lowest BCUT2D eigenvalue weighted by molar-refractivity contribution is -0.376. The molecular formula is C19H14F9N4O2S. The second kappa shape index (κ2) is 8.16. The Bertz CT molecular complexity index is 1220. The number of hydrogen-bond donors (Lipinski definition) is 2. The number of rotatable bonds is 4. The molecule has 3 aromatic rings. The number of hydrogen-bond acceptors (Lipinski definition) is 6. The van der Waals surface area contributed by atoms with Gasteiger partial charge in [-0.2, -0.15) is 39.5 Å². The molecule has 191 valence electrons. The molecule has 2 heterocycles. The normalized spacial score (nSPS) is 14.0. The molecule has 0 atom stereocenters. The molecule has 0 fully saturated rings. The largest absolute Gasteiger partial charge is 0.430 e. The molecule has 16 heteroatoms. The van der Waals surface area contributed by atoms with Crippen LogP contribution in [0.1, 0.15) is 30.8 Å². The van der Waals surface area contributed by atoms with Crippen molar-refractivity contribution < 1.29 is 49.7 Å². The molecule has 6 nitrogen and oxygen atoms in total. The summed E-state index contributed by atoms with van der Waals surface area (Å²) in [5.41, 5.74) is -11.7. The van der Waals surface area contributed by atoms with Crippen molar-refractivity contribution in [1.82, 2.24) is 19.7 Å². The van der Waals surface area contributed by atoms with Gasteiger partial charge in [-0.05, 0) is 19.9 Å². The lowest BCUT2D eigenvalue weighted by atomic mass is 9.89. The number of benzene rings is 1. The van der Waals surface area contributed by atoms with Crippen molar-refractivity contribution in [1.29, 1.82) is 0 Å². The fraction of sp³-hybridized carbons (Fsp3) is 0.421. The lowest BCUT2D eigenvalue weighted by Crippen LogP contribution is -2.54. The van der Waals surface area contributed by atoms with E-state index < -0.39 is 52.5 Å². The van der Waals surface area contributed by atoms with E-state index in [0.717, 1.165) is 0 Å². The SMILES string of the molecule is Cn1c(-c2n[c]c(-c3ccc(C(O)(C(F)(F)F)C(F)(F)F)cc3C(F)(F)F)s2)nnc1C(C)(C)O. The van der Waals surface area contributed by atoms with E-state index in [0.29, 0.717) is 17.4 Å². The Balaban J connectivity index is 2.17. The Labute approximate surface area is 194 Å². The average molecular weight is 533 g/mol. The third-order valence-electron chi connectivity index (χ3n) is 4.88. The molecule has 2 aromatic heterocycles. The van der Waals surface area contributed by atoms with Crippen molar-refractivity contribution in [2.45, 2.75) is 43.6 Å². The monoisotopic (exact) mass is 533 g/mol. The highest BCUT2D eigenvalue weighted by Gasteiger charge is 2.71. The van der Waals surface area contributed by atoms with Gasteiger partial charge in [0, 0.05) is 18.2 Å². The van der Waals surface area contributed by atoms with Crippen LogP contribution in [0.25, 0.3) is 21.3 Å². The molecule has 0 aliphatic carbocycles. The molecule has 0 unspecified atom stereocenters. The van der Waals surface area contributed by atoms with Crippen LogP contribution < -0.4 is 0 Å². The molecule has 0 saturated carbocycles. The molecule has 3 rings (SSSR count). The zero-order chi connectivity index (χ0) is 26.8. The van der Waals surface area contributed by atoms with Gasteiger partial charge in [0.15, 0.2) is 16.7 Å². The maximum Gasteiger partial charge on any atom is 0.430 e. The summed E-state index contributed by atoms with van der Waals surface area (Å²) in [6.45, 7) is 2.81. The minimum Gasteiger partial charge on any atom is -0.382 e. The Morgan fingerprint density at radius 1 is 0.914 bits per heavy atom. The molecule has 0 aliphatic heterocycles. The first-order valence-electron chi connectivity index (χ1n) is 9.28. The minimum atomic E-state index is -6.36. The molecule has 0 aliphatic rings. The first-order valence-corrected chi connectivity index (χ1v) is 10.1. The van der Waals surface area contributed by atoms with Gasteiger partial charge in [-0.1, -0.05) is 12.1 Å². The highest BCUT2D eigenvalue weighted by Crippen LogP contribution is 2.51. The van der Waals surface area contributed by atoms with Gasteiger partial charge in [0.05, 0.1) is 10.4 Å². The number of aromatic nitrogens is 4. The topological polar surface area (TPSA) is 84.1 Å². The molecule has 1 aromatic carbocycles. The van der Waals surface area contributed by atoms with Crippen molar-refractivity contribution in [2.75, 3.05) is 0 Å². The van der Waals surface area contributed by atoms with Crippen molar-refractivity contribution in [3.8, 4) is 21.3 Å². The van der Waals surface area contributed by atoms with E-state index in [1.165, 1.54) is 25.5 Å². The van der Waals surface area contributed by atoms with E-state index in [-0.39, 0.29) is 27.6 Å². The van der Waals surface area contributed by atoms with Crippen molar-refractivity contribution in [3.63, 3.8) is 0 Å². The molecule has 0 spiro atoms. The maximum atomic E-state index is 13.7. The summed E-state index contributed by atoms with van der Waals surface area (Å²) in [7, 11) is 1.44. The van der Waals surface area contributed by atoms with Crippen LogP contribution in [0.15, 0.2) is 18.2 Å². The third kappa shape index (κ3) is 4.61. The number of aliphatic hydroxyl groups is 2. The number of alkyl halides is 9. The van der Waals surface area contributed by atoms with E-state index in [1.807, 2.05) is 0 Å². The fourth-order valence-corrected chi connectivity index (χ4v) is 4.13. The van der Waals surface area contributed by atoms with Crippen LogP contribution in [-0.4, -0.2) is 42.3 Å². The highest BCUT2D eigenvalue weighted by molar-refractivity contribution is 7.18. The fourth-order valence-electron chi connectivity index (χ4n) is 3.19. The van der Waals surface area contributed by atoms with Crippen molar-refractivity contribution in [2.24, 2.45) is 7.05 Å². The van der Waals surface area contributed by atoms with Crippen LogP contribution in [0.4, 0.5) is 39.5 Å². The van der Waals surface area contributed by atoms with Gasteiger partial charge in [-0.25, -0.2) is 4.98 Å². The maximum absolute atomic E-state index is 13.7. The summed E-state index contributed by atoms with van der Waals surface area (Å²) < 4.78 is 121. The van der Waals surface area contributed by atoms with E-state index >= 15 is 0 Å². The quantitative estimate of drug-likeness (QED) is 0.463. The van der Waals surface area contributed by atoms with Gasteiger partial charge >= 0.3 is 18.5 Å². The summed E-state index contributed by atoms with van der Waals surface area (Å²) in [6.07, 6.45) is -15.9. The smallest absolute Gasteiger partial charge is 0.382 e. The first-order chi connectivity index (χ1) is 15.7. The average Bonchev–Trinajstić information content (AvgIpc) is 3.30. The second-order valence-electron chi connectivity index (χ2n) is 7.89. The zero-order valence-corrected chi connectivity index (χ0v) is 18.5. The van der Waals surface area contributed by atoms with Crippen LogP contribution >= 0.6 is 11.3 Å². The van der Waals surface area contributed by atoms with Crippen molar-refractivity contribution in [3.05, 3.63) is 41.3 Å². The highest BCUT2D eigenvalue weighted by atomic mass is 32.1. The Morgan fingerprint density at radius 3 is 1.94 bits per heavy atom. The zero-order valence-electron chi connectivity index (χ0n) is 17.7. The summed E-state index contributed by atoms with van der Waals surface area (Å²) in [5.74, 6) is 0.103. The Hall–Kier alpha value is -2.72. The van der Waals surface area contributed by atoms with E-state index in [2.05, 4.69) is 21.4 Å². The Kier molecular flexibility index (Phi) is 6.27. The van der Waals surface area contributed by atoms with E-state index in [9.17, 15) is 49.7 Å². The predicted molar refractivity (Wildman–Crippen MR) is 103 cm³/mol. The second-order valence-corrected chi connectivity index (χ2v) is 8.89. The number of nitrogens with zero attached hydrogens (tertiary/aromatic N) is 4. The van der Waals surface area contributed by atoms with Crippen molar-refractivity contribution >= 4 is 11.3 Å². The third-order valence-corrected chi connectivity index (χ3v) is 5.86. The molecule has 2 N–H and O–H groups in total. The van der Waals surface area contributed by atoms with Crippen LogP contribution in [-0.2, 0) is 24.4 Å². The molecule has 1 radical (unpaired) electrons. The van der Waals surface area contributed by atoms with Gasteiger partial charge in [0.1, 0.15) is 11.8 Å². The van der Waals surface area contributed by atoms with Gasteiger partial charge in [0.2, 0.25) is 0 Å². The molecule has 0 bridgehead atoms. The van der Waals surface area contributed by atoms with Crippen LogP contribution in [0, 0.1) is 6.20 Å². The number of halogens is 9. The predicted octanol–water partition coefficient (Wildman–Crippen LogP) is 4.96. The van der Waals surface area contributed by atoms with Crippen LogP contribution in [0.5, 0.6) is 0 Å². The lowest BCUT2D eigenvalue weighted by Gasteiger charge is -2.33. The minimum absolute atomic E-state index is 0.0170. The summed E-state index contributed by atoms with van der Waals surface area (Å²) in [6, 6.07) is 0.0685. The molecule has 0 saturated heterocycles. The molecular weight excluding hydrogens is 519 g/mol. The van der Waals surface area contributed by atoms with Gasteiger partial charge in [0.25, 0.3) is 5.60 Å². The van der Waals surface area contributed by atoms with Gasteiger partial charge in [-0.15, -0.1) is 21.5 Å². The van der Waals surface area contributed by atoms with Gasteiger partial charge in [-0.3, -0.25) is 0 Å². The standard InChI is InChI=1S/C19H14F9N4O2S/c1-15(2,33)14-31-30-12(32(14)3)13-29-7-11(35-13)9-5-4-8(6-10(9)17(20,21)22)16(34,18(23,24)25)19(26,27)28/h4-6,33-34H,1-3H3. The van der Waals surface area contributed by atoms with E-state index in [4.69, 9.17) is 0 Å². The summed E-state index contributed by atoms with van der Waals surface area (Å²) in [5, 5.41) is 27.1. The van der Waals surface area contributed by atoms with Crippen LogP contribution in [0.2, 0.25) is 0 Å². The van der Waals surface area contributed by atoms with Gasteiger partial charge < -0.3 is 14.8 Å². The number of thiazole rings is 1. The Morgan fingerprint density at radius 2 is 1.49 bits per heavy atom. The van der Waals surface area contributed by atoms with E-state index in [1.54, 1.807) is 0 Å².